The second kappa shape index (κ2) is 9.99. The number of nitrogens with two attached hydrogens (primary N) is 1. The molecule has 0 saturated heterocycles. The number of benzene rings is 1. The number of hydrogen-bond acceptors (Lipinski definition) is 1. The molecule has 20 heavy (non-hydrogen) atoms. The Bertz CT molecular complexity index is 370. The summed E-state index contributed by atoms with van der Waals surface area (Å²) in [5.74, 6) is 0. The van der Waals surface area contributed by atoms with Gasteiger partial charge in [0.1, 0.15) is 0 Å². The van der Waals surface area contributed by atoms with E-state index in [0.717, 1.165) is 19.3 Å². The zero-order valence-electron chi connectivity index (χ0n) is 13.8. The van der Waals surface area contributed by atoms with E-state index in [2.05, 4.69) is 39.0 Å². The Hall–Kier alpha value is -0.820. The van der Waals surface area contributed by atoms with Crippen LogP contribution in [0.1, 0.15) is 88.4 Å². The molecule has 0 saturated carbocycles. The molecule has 1 nitrogen and oxygen atoms in total. The molecule has 1 unspecified atom stereocenters. The standard InChI is InChI=1S/C19H33N/c1-4-7-8-9-10-11-12-19(20)18-14-13-16(5-2)17(6-3)15-18/h13-15,19H,4-12,20H2,1-3H3. The Morgan fingerprint density at radius 2 is 1.50 bits per heavy atom. The first-order valence-electron chi connectivity index (χ1n) is 8.60. The molecule has 1 heteroatoms. The molecule has 1 aromatic carbocycles. The Balaban J connectivity index is 2.41. The average Bonchev–Trinajstić information content (AvgIpc) is 2.49. The van der Waals surface area contributed by atoms with Gasteiger partial charge >= 0.3 is 0 Å². The monoisotopic (exact) mass is 275 g/mol. The lowest BCUT2D eigenvalue weighted by Gasteiger charge is -2.15. The van der Waals surface area contributed by atoms with Gasteiger partial charge in [0.2, 0.25) is 0 Å². The van der Waals surface area contributed by atoms with E-state index in [1.807, 2.05) is 0 Å². The first-order chi connectivity index (χ1) is 9.72. The fourth-order valence-electron chi connectivity index (χ4n) is 2.86. The summed E-state index contributed by atoms with van der Waals surface area (Å²) in [6.45, 7) is 6.73. The minimum atomic E-state index is 0.220. The van der Waals surface area contributed by atoms with Crippen molar-refractivity contribution in [2.75, 3.05) is 0 Å². The van der Waals surface area contributed by atoms with Crippen LogP contribution in [0.3, 0.4) is 0 Å². The lowest BCUT2D eigenvalue weighted by atomic mass is 9.94. The zero-order chi connectivity index (χ0) is 14.8. The predicted molar refractivity (Wildman–Crippen MR) is 90.1 cm³/mol. The van der Waals surface area contributed by atoms with Crippen molar-refractivity contribution in [3.63, 3.8) is 0 Å². The summed E-state index contributed by atoms with van der Waals surface area (Å²) < 4.78 is 0. The molecule has 1 rings (SSSR count). The molecule has 0 aromatic heterocycles. The van der Waals surface area contributed by atoms with Crippen LogP contribution in [0.4, 0.5) is 0 Å². The van der Waals surface area contributed by atoms with Gasteiger partial charge in [0.25, 0.3) is 0 Å². The number of unbranched alkanes of at least 4 members (excludes halogenated alkanes) is 5. The van der Waals surface area contributed by atoms with E-state index in [9.17, 15) is 0 Å². The van der Waals surface area contributed by atoms with E-state index in [1.165, 1.54) is 55.2 Å². The third kappa shape index (κ3) is 5.66. The summed E-state index contributed by atoms with van der Waals surface area (Å²) in [6, 6.07) is 7.06. The maximum atomic E-state index is 6.35. The van der Waals surface area contributed by atoms with Crippen LogP contribution in [0.15, 0.2) is 18.2 Å². The highest BCUT2D eigenvalue weighted by atomic mass is 14.6. The highest BCUT2D eigenvalue weighted by Gasteiger charge is 2.08. The quantitative estimate of drug-likeness (QED) is 0.556. The molecule has 0 heterocycles. The topological polar surface area (TPSA) is 26.0 Å². The Morgan fingerprint density at radius 3 is 2.15 bits per heavy atom. The second-order valence-corrected chi connectivity index (χ2v) is 5.90. The number of aryl methyl sites for hydroxylation is 2. The van der Waals surface area contributed by atoms with Gasteiger partial charge in [-0.25, -0.2) is 0 Å². The van der Waals surface area contributed by atoms with Gasteiger partial charge in [0.05, 0.1) is 0 Å². The summed E-state index contributed by atoms with van der Waals surface area (Å²) in [6.07, 6.45) is 11.4. The second-order valence-electron chi connectivity index (χ2n) is 5.90. The molecule has 114 valence electrons. The summed E-state index contributed by atoms with van der Waals surface area (Å²) in [5.41, 5.74) is 10.6. The van der Waals surface area contributed by atoms with Crippen molar-refractivity contribution in [1.29, 1.82) is 0 Å². The van der Waals surface area contributed by atoms with Gasteiger partial charge in [-0.05, 0) is 36.0 Å². The van der Waals surface area contributed by atoms with Crippen LogP contribution in [-0.2, 0) is 12.8 Å². The lowest BCUT2D eigenvalue weighted by molar-refractivity contribution is 0.547. The molecule has 0 aliphatic carbocycles. The Morgan fingerprint density at radius 1 is 0.850 bits per heavy atom. The third-order valence-corrected chi connectivity index (χ3v) is 4.29. The maximum absolute atomic E-state index is 6.35. The van der Waals surface area contributed by atoms with Crippen molar-refractivity contribution < 1.29 is 0 Å². The van der Waals surface area contributed by atoms with Crippen LogP contribution in [0, 0.1) is 0 Å². The highest BCUT2D eigenvalue weighted by Crippen LogP contribution is 2.22. The molecule has 0 aliphatic heterocycles. The smallest absolute Gasteiger partial charge is 0.0294 e. The molecule has 0 fully saturated rings. The van der Waals surface area contributed by atoms with Crippen molar-refractivity contribution >= 4 is 0 Å². The summed E-state index contributed by atoms with van der Waals surface area (Å²) in [7, 11) is 0. The van der Waals surface area contributed by atoms with Gasteiger partial charge < -0.3 is 5.73 Å². The molecular weight excluding hydrogens is 242 g/mol. The molecular formula is C19H33N. The molecule has 0 spiro atoms. The lowest BCUT2D eigenvalue weighted by Crippen LogP contribution is -2.11. The summed E-state index contributed by atoms with van der Waals surface area (Å²) >= 11 is 0. The molecule has 0 amide bonds. The van der Waals surface area contributed by atoms with Gasteiger partial charge in [-0.15, -0.1) is 0 Å². The van der Waals surface area contributed by atoms with Crippen LogP contribution >= 0.6 is 0 Å². The van der Waals surface area contributed by atoms with Crippen LogP contribution in [0.5, 0.6) is 0 Å². The SMILES string of the molecule is CCCCCCCCC(N)c1ccc(CC)c(CC)c1. The van der Waals surface area contributed by atoms with E-state index in [1.54, 1.807) is 0 Å². The maximum Gasteiger partial charge on any atom is 0.0294 e. The average molecular weight is 275 g/mol. The van der Waals surface area contributed by atoms with Crippen molar-refractivity contribution in [3.8, 4) is 0 Å². The minimum Gasteiger partial charge on any atom is -0.324 e. The van der Waals surface area contributed by atoms with Gasteiger partial charge in [-0.2, -0.15) is 0 Å². The molecule has 0 bridgehead atoms. The van der Waals surface area contributed by atoms with Gasteiger partial charge in [0.15, 0.2) is 0 Å². The van der Waals surface area contributed by atoms with Crippen LogP contribution in [-0.4, -0.2) is 0 Å². The van der Waals surface area contributed by atoms with Crippen LogP contribution in [0.25, 0.3) is 0 Å². The van der Waals surface area contributed by atoms with Crippen LogP contribution in [0.2, 0.25) is 0 Å². The van der Waals surface area contributed by atoms with E-state index in [-0.39, 0.29) is 6.04 Å². The molecule has 1 atom stereocenters. The van der Waals surface area contributed by atoms with Crippen molar-refractivity contribution in [2.24, 2.45) is 5.73 Å². The van der Waals surface area contributed by atoms with Gasteiger partial charge in [0, 0.05) is 6.04 Å². The van der Waals surface area contributed by atoms with E-state index >= 15 is 0 Å². The third-order valence-electron chi connectivity index (χ3n) is 4.29. The number of hydrogen-bond donors (Lipinski definition) is 1. The molecule has 0 aliphatic rings. The highest BCUT2D eigenvalue weighted by molar-refractivity contribution is 5.33. The normalized spacial score (nSPS) is 12.6. The van der Waals surface area contributed by atoms with E-state index in [0.29, 0.717) is 0 Å². The van der Waals surface area contributed by atoms with Crippen molar-refractivity contribution in [1.82, 2.24) is 0 Å². The zero-order valence-corrected chi connectivity index (χ0v) is 13.8. The van der Waals surface area contributed by atoms with Crippen molar-refractivity contribution in [3.05, 3.63) is 34.9 Å². The molecule has 2 N–H and O–H groups in total. The molecule has 1 aromatic rings. The molecule has 0 radical (unpaired) electrons. The van der Waals surface area contributed by atoms with Gasteiger partial charge in [-0.1, -0.05) is 77.5 Å². The predicted octanol–water partition coefficient (Wildman–Crippen LogP) is 5.56. The van der Waals surface area contributed by atoms with Crippen molar-refractivity contribution in [2.45, 2.75) is 84.6 Å². The Labute approximate surface area is 126 Å². The fraction of sp³-hybridized carbons (Fsp3) is 0.684. The Kier molecular flexibility index (Phi) is 8.60. The first-order valence-corrected chi connectivity index (χ1v) is 8.60. The van der Waals surface area contributed by atoms with E-state index < -0.39 is 0 Å². The summed E-state index contributed by atoms with van der Waals surface area (Å²) in [4.78, 5) is 0. The first kappa shape index (κ1) is 17.2. The summed E-state index contributed by atoms with van der Waals surface area (Å²) in [5, 5.41) is 0. The van der Waals surface area contributed by atoms with Crippen LogP contribution < -0.4 is 5.73 Å². The van der Waals surface area contributed by atoms with E-state index in [4.69, 9.17) is 5.73 Å². The largest absolute Gasteiger partial charge is 0.324 e. The number of rotatable bonds is 10. The fourth-order valence-corrected chi connectivity index (χ4v) is 2.86. The van der Waals surface area contributed by atoms with Gasteiger partial charge in [-0.3, -0.25) is 0 Å². The minimum absolute atomic E-state index is 0.220.